The summed E-state index contributed by atoms with van der Waals surface area (Å²) in [6, 6.07) is 7.01. The molecule has 2 aromatic rings. The van der Waals surface area contributed by atoms with E-state index in [1.54, 1.807) is 31.4 Å². The van der Waals surface area contributed by atoms with E-state index in [9.17, 15) is 9.90 Å². The van der Waals surface area contributed by atoms with Gasteiger partial charge in [0.2, 0.25) is 0 Å². The molecular weight excluding hydrogens is 298 g/mol. The van der Waals surface area contributed by atoms with E-state index < -0.39 is 5.97 Å². The summed E-state index contributed by atoms with van der Waals surface area (Å²) in [5.41, 5.74) is 6.44. The Hall–Kier alpha value is -2.54. The monoisotopic (exact) mass is 317 g/mol. The summed E-state index contributed by atoms with van der Waals surface area (Å²) in [4.78, 5) is 13.7. The van der Waals surface area contributed by atoms with Crippen LogP contribution in [0, 0.1) is 5.92 Å². The van der Waals surface area contributed by atoms with Crippen molar-refractivity contribution in [3.05, 3.63) is 29.8 Å². The number of nitrogens with two attached hydrogens (primary N) is 1. The first-order valence-corrected chi connectivity index (χ1v) is 7.46. The standard InChI is InChI=1S/C16H19N3O4/c1-22-12-4-2-11(3-5-12)14-13(16(20)21)15(18-23-14)19-7-6-10(8-17)9-19/h2-5,10H,6-9,17H2,1H3,(H,20,21). The average Bonchev–Trinajstić information content (AvgIpc) is 3.21. The summed E-state index contributed by atoms with van der Waals surface area (Å²) in [7, 11) is 1.57. The van der Waals surface area contributed by atoms with Crippen LogP contribution >= 0.6 is 0 Å². The number of rotatable bonds is 5. The van der Waals surface area contributed by atoms with Crippen molar-refractivity contribution >= 4 is 11.8 Å². The normalized spacial score (nSPS) is 17.5. The number of hydrogen-bond acceptors (Lipinski definition) is 6. The van der Waals surface area contributed by atoms with E-state index in [1.807, 2.05) is 4.90 Å². The van der Waals surface area contributed by atoms with Crippen molar-refractivity contribution in [2.45, 2.75) is 6.42 Å². The van der Waals surface area contributed by atoms with Crippen LogP contribution in [0.1, 0.15) is 16.8 Å². The van der Waals surface area contributed by atoms with Crippen molar-refractivity contribution in [3.63, 3.8) is 0 Å². The minimum Gasteiger partial charge on any atom is -0.497 e. The molecular formula is C16H19N3O4. The minimum atomic E-state index is -1.05. The summed E-state index contributed by atoms with van der Waals surface area (Å²) in [5.74, 6) is 0.627. The molecule has 1 aliphatic rings. The zero-order valence-corrected chi connectivity index (χ0v) is 12.9. The van der Waals surface area contributed by atoms with Gasteiger partial charge in [-0.15, -0.1) is 0 Å². The smallest absolute Gasteiger partial charge is 0.343 e. The van der Waals surface area contributed by atoms with Crippen molar-refractivity contribution in [3.8, 4) is 17.1 Å². The van der Waals surface area contributed by atoms with Crippen molar-refractivity contribution in [2.75, 3.05) is 31.6 Å². The Morgan fingerprint density at radius 1 is 1.48 bits per heavy atom. The van der Waals surface area contributed by atoms with Gasteiger partial charge in [-0.2, -0.15) is 0 Å². The maximum absolute atomic E-state index is 11.7. The number of ether oxygens (including phenoxy) is 1. The maximum atomic E-state index is 11.7. The summed E-state index contributed by atoms with van der Waals surface area (Å²) >= 11 is 0. The van der Waals surface area contributed by atoms with Gasteiger partial charge < -0.3 is 25.0 Å². The second kappa shape index (κ2) is 6.29. The fourth-order valence-electron chi connectivity index (χ4n) is 2.85. The van der Waals surface area contributed by atoms with E-state index in [0.29, 0.717) is 36.1 Å². The van der Waals surface area contributed by atoms with Crippen LogP contribution < -0.4 is 15.4 Å². The van der Waals surface area contributed by atoms with E-state index in [4.69, 9.17) is 15.0 Å². The van der Waals surface area contributed by atoms with Gasteiger partial charge in [0, 0.05) is 18.7 Å². The van der Waals surface area contributed by atoms with Gasteiger partial charge in [0.25, 0.3) is 0 Å². The number of aromatic carboxylic acids is 1. The molecule has 0 radical (unpaired) electrons. The van der Waals surface area contributed by atoms with Crippen LogP contribution in [0.3, 0.4) is 0 Å². The van der Waals surface area contributed by atoms with E-state index in [1.165, 1.54) is 0 Å². The lowest BCUT2D eigenvalue weighted by Crippen LogP contribution is -2.24. The summed E-state index contributed by atoms with van der Waals surface area (Å²) < 4.78 is 10.5. The molecule has 1 atom stereocenters. The van der Waals surface area contributed by atoms with E-state index in [-0.39, 0.29) is 11.3 Å². The number of benzene rings is 1. The van der Waals surface area contributed by atoms with Gasteiger partial charge in [-0.1, -0.05) is 5.16 Å². The molecule has 1 aliphatic heterocycles. The highest BCUT2D eigenvalue weighted by molar-refractivity contribution is 5.99. The fourth-order valence-corrected chi connectivity index (χ4v) is 2.85. The number of carbonyl (C=O) groups is 1. The van der Waals surface area contributed by atoms with Crippen LogP contribution in [0.2, 0.25) is 0 Å². The molecule has 0 spiro atoms. The first-order chi connectivity index (χ1) is 11.1. The molecule has 3 N–H and O–H groups in total. The van der Waals surface area contributed by atoms with Crippen LogP contribution in [-0.2, 0) is 0 Å². The third kappa shape index (κ3) is 2.87. The fraction of sp³-hybridized carbons (Fsp3) is 0.375. The van der Waals surface area contributed by atoms with Crippen molar-refractivity contribution in [2.24, 2.45) is 11.7 Å². The van der Waals surface area contributed by atoms with Crippen molar-refractivity contribution in [1.82, 2.24) is 5.16 Å². The Morgan fingerprint density at radius 3 is 2.78 bits per heavy atom. The van der Waals surface area contributed by atoms with Gasteiger partial charge in [-0.3, -0.25) is 0 Å². The molecule has 3 rings (SSSR count). The zero-order chi connectivity index (χ0) is 16.4. The molecule has 1 unspecified atom stereocenters. The number of methoxy groups -OCH3 is 1. The summed E-state index contributed by atoms with van der Waals surface area (Å²) in [6.07, 6.45) is 0.931. The molecule has 2 heterocycles. The number of hydrogen-bond donors (Lipinski definition) is 2. The third-order valence-corrected chi connectivity index (χ3v) is 4.16. The summed E-state index contributed by atoms with van der Waals surface area (Å²) in [6.45, 7) is 2.02. The first kappa shape index (κ1) is 15.4. The quantitative estimate of drug-likeness (QED) is 0.867. The van der Waals surface area contributed by atoms with Crippen LogP contribution in [-0.4, -0.2) is 43.0 Å². The number of carboxylic acids is 1. The molecule has 0 amide bonds. The molecule has 122 valence electrons. The molecule has 23 heavy (non-hydrogen) atoms. The maximum Gasteiger partial charge on any atom is 0.343 e. The molecule has 1 aromatic carbocycles. The second-order valence-electron chi connectivity index (χ2n) is 5.58. The number of aromatic nitrogens is 1. The van der Waals surface area contributed by atoms with Gasteiger partial charge in [-0.25, -0.2) is 4.79 Å². The molecule has 7 nitrogen and oxygen atoms in total. The lowest BCUT2D eigenvalue weighted by molar-refractivity contribution is 0.0698. The van der Waals surface area contributed by atoms with Gasteiger partial charge >= 0.3 is 5.97 Å². The largest absolute Gasteiger partial charge is 0.497 e. The SMILES string of the molecule is COc1ccc(-c2onc(N3CCC(CN)C3)c2C(=O)O)cc1. The van der Waals surface area contributed by atoms with Gasteiger partial charge in [0.1, 0.15) is 5.75 Å². The molecule has 0 aliphatic carbocycles. The Balaban J connectivity index is 1.97. The number of carboxylic acid groups (broad SMARTS) is 1. The Labute approximate surface area is 133 Å². The third-order valence-electron chi connectivity index (χ3n) is 4.16. The van der Waals surface area contributed by atoms with Gasteiger partial charge in [0.05, 0.1) is 7.11 Å². The van der Waals surface area contributed by atoms with E-state index >= 15 is 0 Å². The predicted octanol–water partition coefficient (Wildman–Crippen LogP) is 1.83. The lowest BCUT2D eigenvalue weighted by atomic mass is 10.1. The average molecular weight is 317 g/mol. The number of anilines is 1. The van der Waals surface area contributed by atoms with Crippen LogP contribution in [0.25, 0.3) is 11.3 Å². The summed E-state index contributed by atoms with van der Waals surface area (Å²) in [5, 5.41) is 13.6. The second-order valence-corrected chi connectivity index (χ2v) is 5.58. The van der Waals surface area contributed by atoms with E-state index in [0.717, 1.165) is 13.0 Å². The van der Waals surface area contributed by atoms with Crippen LogP contribution in [0.4, 0.5) is 5.82 Å². The zero-order valence-electron chi connectivity index (χ0n) is 12.9. The highest BCUT2D eigenvalue weighted by Crippen LogP contribution is 2.34. The molecule has 7 heteroatoms. The van der Waals surface area contributed by atoms with E-state index in [2.05, 4.69) is 5.16 Å². The van der Waals surface area contributed by atoms with Crippen LogP contribution in [0.15, 0.2) is 28.8 Å². The van der Waals surface area contributed by atoms with Crippen molar-refractivity contribution < 1.29 is 19.2 Å². The van der Waals surface area contributed by atoms with Crippen molar-refractivity contribution in [1.29, 1.82) is 0 Å². The molecule has 0 saturated carbocycles. The van der Waals surface area contributed by atoms with Crippen LogP contribution in [0.5, 0.6) is 5.75 Å². The number of nitrogens with zero attached hydrogens (tertiary/aromatic N) is 2. The topological polar surface area (TPSA) is 102 Å². The highest BCUT2D eigenvalue weighted by atomic mass is 16.5. The highest BCUT2D eigenvalue weighted by Gasteiger charge is 2.31. The predicted molar refractivity (Wildman–Crippen MR) is 84.8 cm³/mol. The Bertz CT molecular complexity index is 696. The molecule has 0 bridgehead atoms. The lowest BCUT2D eigenvalue weighted by Gasteiger charge is -2.15. The van der Waals surface area contributed by atoms with Gasteiger partial charge in [0.15, 0.2) is 17.1 Å². The minimum absolute atomic E-state index is 0.0906. The first-order valence-electron chi connectivity index (χ1n) is 7.46. The molecule has 1 aromatic heterocycles. The Kier molecular flexibility index (Phi) is 4.20. The molecule has 1 saturated heterocycles. The Morgan fingerprint density at radius 2 is 2.22 bits per heavy atom. The van der Waals surface area contributed by atoms with Gasteiger partial charge in [-0.05, 0) is 43.1 Å². The molecule has 1 fully saturated rings.